The molecule has 2 aromatic rings. The largest absolute Gasteiger partial charge is 0.492 e. The monoisotopic (exact) mass is 440 g/mol. The van der Waals surface area contributed by atoms with Crippen molar-refractivity contribution in [1.29, 1.82) is 0 Å². The van der Waals surface area contributed by atoms with E-state index in [9.17, 15) is 13.2 Å². The van der Waals surface area contributed by atoms with E-state index in [1.807, 2.05) is 6.92 Å². The van der Waals surface area contributed by atoms with Crippen molar-refractivity contribution in [3.63, 3.8) is 0 Å². The maximum Gasteiger partial charge on any atom is 0.265 e. The Morgan fingerprint density at radius 1 is 1.17 bits per heavy atom. The van der Waals surface area contributed by atoms with Crippen LogP contribution in [0.3, 0.4) is 0 Å². The number of rotatable bonds is 8. The highest BCUT2D eigenvalue weighted by molar-refractivity contribution is 7.89. The van der Waals surface area contributed by atoms with Crippen LogP contribution in [0.1, 0.15) is 19.4 Å². The van der Waals surface area contributed by atoms with E-state index in [2.05, 4.69) is 5.32 Å². The molecule has 0 aliphatic heterocycles. The van der Waals surface area contributed by atoms with Gasteiger partial charge in [-0.15, -0.1) is 0 Å². The topological polar surface area (TPSA) is 84.9 Å². The van der Waals surface area contributed by atoms with E-state index in [1.54, 1.807) is 38.1 Å². The van der Waals surface area contributed by atoms with Crippen molar-refractivity contribution >= 4 is 33.2 Å². The number of anilines is 1. The lowest BCUT2D eigenvalue weighted by Crippen LogP contribution is -2.30. The summed E-state index contributed by atoms with van der Waals surface area (Å²) in [6.45, 7) is 5.51. The molecule has 1 amide bonds. The maximum absolute atomic E-state index is 12.6. The van der Waals surface area contributed by atoms with Crippen LogP contribution in [0.15, 0.2) is 41.3 Å². The van der Waals surface area contributed by atoms with Crippen molar-refractivity contribution < 1.29 is 22.7 Å². The quantitative estimate of drug-likeness (QED) is 0.676. The summed E-state index contributed by atoms with van der Waals surface area (Å²) < 4.78 is 37.4. The number of halogens is 1. The van der Waals surface area contributed by atoms with E-state index < -0.39 is 22.0 Å². The molecule has 29 heavy (non-hydrogen) atoms. The van der Waals surface area contributed by atoms with Gasteiger partial charge in [-0.05, 0) is 62.7 Å². The van der Waals surface area contributed by atoms with Crippen LogP contribution in [0.2, 0.25) is 5.02 Å². The van der Waals surface area contributed by atoms with Gasteiger partial charge >= 0.3 is 0 Å². The van der Waals surface area contributed by atoms with Gasteiger partial charge in [-0.2, -0.15) is 0 Å². The van der Waals surface area contributed by atoms with E-state index in [-0.39, 0.29) is 10.6 Å². The zero-order valence-electron chi connectivity index (χ0n) is 17.0. The Hall–Kier alpha value is -2.29. The van der Waals surface area contributed by atoms with Crippen molar-refractivity contribution in [2.24, 2.45) is 0 Å². The molecule has 0 bridgehead atoms. The lowest BCUT2D eigenvalue weighted by molar-refractivity contribution is -0.122. The van der Waals surface area contributed by atoms with Crippen molar-refractivity contribution in [2.75, 3.05) is 26.0 Å². The molecule has 0 unspecified atom stereocenters. The first-order chi connectivity index (χ1) is 13.6. The molecule has 0 radical (unpaired) electrons. The lowest BCUT2D eigenvalue weighted by Gasteiger charge is -2.18. The Balaban J connectivity index is 2.23. The first-order valence-corrected chi connectivity index (χ1v) is 10.8. The molecular formula is C20H25ClN2O5S. The number of sulfonamides is 1. The third kappa shape index (κ3) is 5.62. The predicted octanol–water partition coefficient (Wildman–Crippen LogP) is 3.70. The number of carbonyl (C=O) groups excluding carboxylic acids is 1. The molecule has 9 heteroatoms. The van der Waals surface area contributed by atoms with Crippen LogP contribution in [-0.4, -0.2) is 45.4 Å². The fraction of sp³-hybridized carbons (Fsp3) is 0.350. The predicted molar refractivity (Wildman–Crippen MR) is 113 cm³/mol. The first-order valence-electron chi connectivity index (χ1n) is 8.99. The number of carbonyl (C=O) groups is 1. The molecular weight excluding hydrogens is 416 g/mol. The van der Waals surface area contributed by atoms with E-state index in [0.29, 0.717) is 23.1 Å². The Labute approximate surface area is 176 Å². The van der Waals surface area contributed by atoms with E-state index in [4.69, 9.17) is 21.1 Å². The van der Waals surface area contributed by atoms with Gasteiger partial charge in [0.1, 0.15) is 16.4 Å². The highest BCUT2D eigenvalue weighted by Gasteiger charge is 2.24. The third-order valence-corrected chi connectivity index (χ3v) is 6.15. The summed E-state index contributed by atoms with van der Waals surface area (Å²) in [5.74, 6) is 0.344. The second kappa shape index (κ2) is 9.47. The van der Waals surface area contributed by atoms with Gasteiger partial charge in [-0.1, -0.05) is 11.6 Å². The second-order valence-corrected chi connectivity index (χ2v) is 9.10. The van der Waals surface area contributed by atoms with Crippen LogP contribution in [0, 0.1) is 6.92 Å². The van der Waals surface area contributed by atoms with Gasteiger partial charge in [0.05, 0.1) is 6.61 Å². The highest BCUT2D eigenvalue weighted by Crippen LogP contribution is 2.29. The molecule has 0 saturated carbocycles. The van der Waals surface area contributed by atoms with Gasteiger partial charge in [-0.3, -0.25) is 4.79 Å². The summed E-state index contributed by atoms with van der Waals surface area (Å²) in [6.07, 6.45) is -0.810. The molecule has 1 N–H and O–H groups in total. The normalized spacial score (nSPS) is 12.5. The summed E-state index contributed by atoms with van der Waals surface area (Å²) in [6, 6.07) is 9.59. The average molecular weight is 441 g/mol. The number of amides is 1. The smallest absolute Gasteiger partial charge is 0.265 e. The molecule has 0 fully saturated rings. The highest BCUT2D eigenvalue weighted by atomic mass is 35.5. The summed E-state index contributed by atoms with van der Waals surface area (Å²) in [5.41, 5.74) is 1.12. The van der Waals surface area contributed by atoms with Crippen LogP contribution in [0.5, 0.6) is 11.5 Å². The second-order valence-electron chi connectivity index (χ2n) is 6.54. The molecule has 0 heterocycles. The summed E-state index contributed by atoms with van der Waals surface area (Å²) in [4.78, 5) is 12.5. The van der Waals surface area contributed by atoms with Crippen molar-refractivity contribution in [2.45, 2.75) is 31.8 Å². The molecule has 0 spiro atoms. The zero-order valence-corrected chi connectivity index (χ0v) is 18.6. The maximum atomic E-state index is 12.6. The number of hydrogen-bond donors (Lipinski definition) is 1. The van der Waals surface area contributed by atoms with Gasteiger partial charge < -0.3 is 14.8 Å². The Morgan fingerprint density at radius 2 is 1.83 bits per heavy atom. The minimum Gasteiger partial charge on any atom is -0.492 e. The summed E-state index contributed by atoms with van der Waals surface area (Å²) in [5, 5.41) is 3.26. The van der Waals surface area contributed by atoms with Gasteiger partial charge in [0.2, 0.25) is 10.0 Å². The number of benzene rings is 2. The third-order valence-electron chi connectivity index (χ3n) is 4.08. The summed E-state index contributed by atoms with van der Waals surface area (Å²) >= 11 is 5.93. The molecule has 1 atom stereocenters. The van der Waals surface area contributed by atoms with Gasteiger partial charge in [0.15, 0.2) is 6.10 Å². The molecule has 2 rings (SSSR count). The first kappa shape index (κ1) is 23.0. The van der Waals surface area contributed by atoms with Gasteiger partial charge in [0.25, 0.3) is 5.91 Å². The fourth-order valence-corrected chi connectivity index (χ4v) is 3.77. The van der Waals surface area contributed by atoms with Crippen molar-refractivity contribution in [1.82, 2.24) is 4.31 Å². The van der Waals surface area contributed by atoms with Crippen LogP contribution in [-0.2, 0) is 14.8 Å². The number of nitrogens with zero attached hydrogens (tertiary/aromatic N) is 1. The number of aryl methyl sites for hydroxylation is 1. The molecule has 0 aromatic heterocycles. The minimum absolute atomic E-state index is 0.0238. The average Bonchev–Trinajstić information content (AvgIpc) is 2.65. The Morgan fingerprint density at radius 3 is 2.41 bits per heavy atom. The molecule has 0 saturated heterocycles. The SMILES string of the molecule is CCOc1ccc(NC(=O)[C@@H](C)Oc2ccc(Cl)cc2C)cc1S(=O)(=O)N(C)C. The van der Waals surface area contributed by atoms with Crippen molar-refractivity contribution in [3.8, 4) is 11.5 Å². The van der Waals surface area contributed by atoms with Gasteiger partial charge in [-0.25, -0.2) is 12.7 Å². The zero-order chi connectivity index (χ0) is 21.8. The van der Waals surface area contributed by atoms with Crippen molar-refractivity contribution in [3.05, 3.63) is 47.0 Å². The molecule has 158 valence electrons. The molecule has 7 nitrogen and oxygen atoms in total. The van der Waals surface area contributed by atoms with Crippen LogP contribution < -0.4 is 14.8 Å². The van der Waals surface area contributed by atoms with Gasteiger partial charge in [0, 0.05) is 24.8 Å². The van der Waals surface area contributed by atoms with E-state index in [0.717, 1.165) is 9.87 Å². The molecule has 0 aliphatic rings. The van der Waals surface area contributed by atoms with E-state index >= 15 is 0 Å². The number of ether oxygens (including phenoxy) is 2. The Bertz CT molecular complexity index is 992. The van der Waals surface area contributed by atoms with Crippen LogP contribution >= 0.6 is 11.6 Å². The molecule has 0 aliphatic carbocycles. The Kier molecular flexibility index (Phi) is 7.51. The minimum atomic E-state index is -3.75. The van der Waals surface area contributed by atoms with Crippen LogP contribution in [0.25, 0.3) is 0 Å². The standard InChI is InChI=1S/C20H25ClN2O5S/c1-6-27-18-10-8-16(12-19(18)29(25,26)23(4)5)22-20(24)14(3)28-17-9-7-15(21)11-13(17)2/h7-12,14H,6H2,1-5H3,(H,22,24)/t14-/m1/s1. The summed E-state index contributed by atoms with van der Waals surface area (Å²) in [7, 11) is -0.891. The fourth-order valence-electron chi connectivity index (χ4n) is 2.49. The molecule has 2 aromatic carbocycles. The lowest BCUT2D eigenvalue weighted by atomic mass is 10.2. The van der Waals surface area contributed by atoms with E-state index in [1.165, 1.54) is 26.2 Å². The number of hydrogen-bond acceptors (Lipinski definition) is 5. The van der Waals surface area contributed by atoms with Crippen LogP contribution in [0.4, 0.5) is 5.69 Å². The number of nitrogens with one attached hydrogen (secondary N) is 1.